The van der Waals surface area contributed by atoms with E-state index in [0.29, 0.717) is 6.04 Å². The molecule has 0 spiro atoms. The fourth-order valence-electron chi connectivity index (χ4n) is 6.14. The van der Waals surface area contributed by atoms with E-state index in [1.807, 2.05) is 41.3 Å². The van der Waals surface area contributed by atoms with Crippen molar-refractivity contribution in [3.05, 3.63) is 90.9 Å². The van der Waals surface area contributed by atoms with Crippen LogP contribution in [0.5, 0.6) is 0 Å². The lowest BCUT2D eigenvalue weighted by atomic mass is 9.89. The Morgan fingerprint density at radius 3 is 2.37 bits per heavy atom. The number of halogens is 3. The first-order chi connectivity index (χ1) is 19.9. The largest absolute Gasteiger partial charge is 0.416 e. The molecule has 2 aromatic heterocycles. The van der Waals surface area contributed by atoms with Gasteiger partial charge >= 0.3 is 6.18 Å². The highest BCUT2D eigenvalue weighted by Gasteiger charge is 2.32. The predicted octanol–water partition coefficient (Wildman–Crippen LogP) is 6.93. The molecule has 9 heteroatoms. The molecule has 2 fully saturated rings. The summed E-state index contributed by atoms with van der Waals surface area (Å²) >= 11 is 0. The van der Waals surface area contributed by atoms with Crippen LogP contribution in [0.4, 0.5) is 24.7 Å². The number of benzene rings is 2. The summed E-state index contributed by atoms with van der Waals surface area (Å²) in [5, 5.41) is 12.0. The Hall–Kier alpha value is -3.85. The SMILES string of the molecule is FC(F)(F)c1ccc(N2CCC[C@H](N[C@@H]3CCCC[C@H]3Nc3cc(-c4cccc(-n5cccn5)c4)ccn3)C2)cc1. The molecule has 3 atom stereocenters. The number of hydrogen-bond acceptors (Lipinski definition) is 5. The van der Waals surface area contributed by atoms with Crippen LogP contribution in [0.15, 0.2) is 85.3 Å². The number of aromatic nitrogens is 3. The number of piperidine rings is 1. The van der Waals surface area contributed by atoms with E-state index in [4.69, 9.17) is 0 Å². The number of hydrogen-bond donors (Lipinski definition) is 2. The summed E-state index contributed by atoms with van der Waals surface area (Å²) in [6.45, 7) is 1.64. The van der Waals surface area contributed by atoms with Gasteiger partial charge in [0.25, 0.3) is 0 Å². The minimum absolute atomic E-state index is 0.253. The van der Waals surface area contributed by atoms with Crippen molar-refractivity contribution in [1.82, 2.24) is 20.1 Å². The maximum atomic E-state index is 13.0. The van der Waals surface area contributed by atoms with Crippen molar-refractivity contribution in [1.29, 1.82) is 0 Å². The van der Waals surface area contributed by atoms with E-state index in [1.54, 1.807) is 18.3 Å². The van der Waals surface area contributed by atoms with Crippen molar-refractivity contribution in [3.63, 3.8) is 0 Å². The average molecular weight is 561 g/mol. The standard InChI is InChI=1S/C32H35F3N6/c33-32(34,35)25-11-13-27(14-12-25)40-18-4-7-26(22-40)38-29-9-1-2-10-30(29)39-31-21-24(15-17-36-31)23-6-3-8-28(20-23)41-19-5-16-37-41/h3,5-6,8,11-17,19-21,26,29-30,38H,1-2,4,7,9-10,18,22H2,(H,36,39)/t26-,29+,30+/m0/s1. The van der Waals surface area contributed by atoms with Crippen LogP contribution in [0.1, 0.15) is 44.1 Å². The van der Waals surface area contributed by atoms with Gasteiger partial charge in [0.2, 0.25) is 0 Å². The lowest BCUT2D eigenvalue weighted by molar-refractivity contribution is -0.137. The highest BCUT2D eigenvalue weighted by atomic mass is 19.4. The van der Waals surface area contributed by atoms with Crippen LogP contribution < -0.4 is 15.5 Å². The molecule has 1 aliphatic heterocycles. The molecule has 1 aliphatic carbocycles. The van der Waals surface area contributed by atoms with Crippen LogP contribution in [0.3, 0.4) is 0 Å². The molecule has 6 nitrogen and oxygen atoms in total. The van der Waals surface area contributed by atoms with Crippen molar-refractivity contribution in [2.75, 3.05) is 23.3 Å². The summed E-state index contributed by atoms with van der Waals surface area (Å²) in [6.07, 6.45) is 7.81. The smallest absolute Gasteiger partial charge is 0.370 e. The fraction of sp³-hybridized carbons (Fsp3) is 0.375. The molecule has 41 heavy (non-hydrogen) atoms. The van der Waals surface area contributed by atoms with E-state index in [0.717, 1.165) is 67.1 Å². The molecule has 2 aromatic carbocycles. The molecule has 1 saturated heterocycles. The topological polar surface area (TPSA) is 58.0 Å². The molecular weight excluding hydrogens is 525 g/mol. The number of alkyl halides is 3. The van der Waals surface area contributed by atoms with E-state index in [1.165, 1.54) is 25.0 Å². The monoisotopic (exact) mass is 560 g/mol. The summed E-state index contributed by atoms with van der Waals surface area (Å²) in [6, 6.07) is 20.8. The van der Waals surface area contributed by atoms with Crippen molar-refractivity contribution >= 4 is 11.5 Å². The normalized spacial score (nSPS) is 21.5. The Bertz CT molecular complexity index is 1420. The van der Waals surface area contributed by atoms with Crippen molar-refractivity contribution < 1.29 is 13.2 Å². The maximum absolute atomic E-state index is 13.0. The van der Waals surface area contributed by atoms with Crippen LogP contribution in [-0.4, -0.2) is 46.0 Å². The van der Waals surface area contributed by atoms with Gasteiger partial charge in [0.1, 0.15) is 5.82 Å². The third-order valence-electron chi connectivity index (χ3n) is 8.24. The molecule has 4 aromatic rings. The van der Waals surface area contributed by atoms with Gasteiger partial charge in [0.05, 0.1) is 11.3 Å². The number of nitrogens with zero attached hydrogens (tertiary/aromatic N) is 4. The van der Waals surface area contributed by atoms with Gasteiger partial charge in [0.15, 0.2) is 0 Å². The third kappa shape index (κ3) is 6.56. The van der Waals surface area contributed by atoms with Gasteiger partial charge in [-0.05, 0) is 91.4 Å². The zero-order chi connectivity index (χ0) is 28.2. The zero-order valence-electron chi connectivity index (χ0n) is 22.9. The summed E-state index contributed by atoms with van der Waals surface area (Å²) in [7, 11) is 0. The van der Waals surface area contributed by atoms with Gasteiger partial charge in [-0.3, -0.25) is 0 Å². The minimum atomic E-state index is -4.31. The van der Waals surface area contributed by atoms with Crippen LogP contribution >= 0.6 is 0 Å². The van der Waals surface area contributed by atoms with Gasteiger partial charge in [-0.25, -0.2) is 9.67 Å². The number of rotatable bonds is 7. The molecule has 2 N–H and O–H groups in total. The molecule has 0 bridgehead atoms. The summed E-state index contributed by atoms with van der Waals surface area (Å²) < 4.78 is 40.9. The first-order valence-electron chi connectivity index (χ1n) is 14.4. The van der Waals surface area contributed by atoms with E-state index in [-0.39, 0.29) is 12.1 Å². The van der Waals surface area contributed by atoms with E-state index in [9.17, 15) is 13.2 Å². The minimum Gasteiger partial charge on any atom is -0.370 e. The molecule has 0 radical (unpaired) electrons. The van der Waals surface area contributed by atoms with Crippen molar-refractivity contribution in [3.8, 4) is 16.8 Å². The quantitative estimate of drug-likeness (QED) is 0.257. The Kier molecular flexibility index (Phi) is 7.96. The van der Waals surface area contributed by atoms with Crippen LogP contribution in [0.25, 0.3) is 16.8 Å². The highest BCUT2D eigenvalue weighted by molar-refractivity contribution is 5.68. The Balaban J connectivity index is 1.11. The van der Waals surface area contributed by atoms with Crippen LogP contribution in [0.2, 0.25) is 0 Å². The van der Waals surface area contributed by atoms with E-state index >= 15 is 0 Å². The maximum Gasteiger partial charge on any atom is 0.416 e. The summed E-state index contributed by atoms with van der Waals surface area (Å²) in [5.41, 5.74) is 3.45. The van der Waals surface area contributed by atoms with Crippen LogP contribution in [0, 0.1) is 0 Å². The van der Waals surface area contributed by atoms with Crippen LogP contribution in [-0.2, 0) is 6.18 Å². The first-order valence-corrected chi connectivity index (χ1v) is 14.4. The van der Waals surface area contributed by atoms with Gasteiger partial charge in [0, 0.05) is 55.5 Å². The Morgan fingerprint density at radius 1 is 0.780 bits per heavy atom. The zero-order valence-corrected chi connectivity index (χ0v) is 22.9. The van der Waals surface area contributed by atoms with Gasteiger partial charge < -0.3 is 15.5 Å². The Morgan fingerprint density at radius 2 is 1.59 bits per heavy atom. The molecule has 1 saturated carbocycles. The van der Waals surface area contributed by atoms with E-state index < -0.39 is 11.7 Å². The van der Waals surface area contributed by atoms with Gasteiger partial charge in [-0.15, -0.1) is 0 Å². The van der Waals surface area contributed by atoms with Crippen molar-refractivity contribution in [2.24, 2.45) is 0 Å². The second-order valence-corrected chi connectivity index (χ2v) is 11.1. The number of anilines is 2. The van der Waals surface area contributed by atoms with Gasteiger partial charge in [-0.1, -0.05) is 25.0 Å². The predicted molar refractivity (Wildman–Crippen MR) is 156 cm³/mol. The molecule has 2 aliphatic rings. The molecule has 3 heterocycles. The second kappa shape index (κ2) is 11.9. The van der Waals surface area contributed by atoms with Gasteiger partial charge in [-0.2, -0.15) is 18.3 Å². The third-order valence-corrected chi connectivity index (χ3v) is 8.24. The molecule has 6 rings (SSSR count). The Labute approximate surface area is 238 Å². The van der Waals surface area contributed by atoms with Crippen molar-refractivity contribution in [2.45, 2.75) is 62.8 Å². The first kappa shape index (κ1) is 27.3. The number of pyridine rings is 1. The molecule has 0 amide bonds. The highest BCUT2D eigenvalue weighted by Crippen LogP contribution is 2.32. The fourth-order valence-corrected chi connectivity index (χ4v) is 6.14. The molecule has 214 valence electrons. The summed E-state index contributed by atoms with van der Waals surface area (Å²) in [5.74, 6) is 0.862. The number of nitrogens with one attached hydrogen (secondary N) is 2. The average Bonchev–Trinajstić information content (AvgIpc) is 3.54. The lowest BCUT2D eigenvalue weighted by Crippen LogP contribution is -2.55. The molecule has 0 unspecified atom stereocenters. The summed E-state index contributed by atoms with van der Waals surface area (Å²) in [4.78, 5) is 6.85. The molecular formula is C32H35F3N6. The van der Waals surface area contributed by atoms with E-state index in [2.05, 4.69) is 43.8 Å². The second-order valence-electron chi connectivity index (χ2n) is 11.1. The lowest BCUT2D eigenvalue weighted by Gasteiger charge is -2.40.